The number of primary amides is 1. The highest BCUT2D eigenvalue weighted by atomic mass is 32.2. The zero-order valence-electron chi connectivity index (χ0n) is 46.7. The predicted molar refractivity (Wildman–Crippen MR) is 302 cm³/mol. The van der Waals surface area contributed by atoms with Crippen LogP contribution in [0.1, 0.15) is 113 Å². The number of nitrogens with zero attached hydrogens (tertiary/aromatic N) is 5. The molecule has 0 aliphatic carbocycles. The number of amides is 4. The van der Waals surface area contributed by atoms with E-state index in [1.807, 2.05) is 24.3 Å². The number of anilines is 1. The lowest BCUT2D eigenvalue weighted by Crippen LogP contribution is -2.47. The third-order valence-electron chi connectivity index (χ3n) is 14.2. The minimum atomic E-state index is -3.56. The number of nitrogens with one attached hydrogen (secondary N) is 3. The van der Waals surface area contributed by atoms with Gasteiger partial charge < -0.3 is 40.5 Å². The third-order valence-corrected chi connectivity index (χ3v) is 16.5. The number of cyclic esters (lactones) is 1. The minimum absolute atomic E-state index is 0.0539. The number of sulfonamides is 1. The molecule has 2 aromatic carbocycles. The topological polar surface area (TPSA) is 324 Å². The van der Waals surface area contributed by atoms with Crippen LogP contribution in [0.15, 0.2) is 76.9 Å². The van der Waals surface area contributed by atoms with E-state index in [0.29, 0.717) is 59.4 Å². The molecule has 3 atom stereocenters. The lowest BCUT2D eigenvalue weighted by molar-refractivity contribution is -0.175. The van der Waals surface area contributed by atoms with Gasteiger partial charge in [-0.25, -0.2) is 46.2 Å². The summed E-state index contributed by atoms with van der Waals surface area (Å²) in [6.07, 6.45) is 4.68. The molecule has 2 aliphatic heterocycles. The smallest absolute Gasteiger partial charge is 0.457 e. The van der Waals surface area contributed by atoms with Crippen molar-refractivity contribution in [3.05, 3.63) is 111 Å². The summed E-state index contributed by atoms with van der Waals surface area (Å²) >= 11 is 0. The van der Waals surface area contributed by atoms with Crippen LogP contribution in [-0.4, -0.2) is 114 Å². The fourth-order valence-electron chi connectivity index (χ4n) is 10.0. The normalized spacial score (nSPS) is 15.3. The molecule has 0 fully saturated rings. The largest absolute Gasteiger partial charge is 0.510 e. The first kappa shape index (κ1) is 61.5. The second kappa shape index (κ2) is 26.2. The first-order valence-corrected chi connectivity index (χ1v) is 30.5. The second-order valence-corrected chi connectivity index (χ2v) is 24.7. The minimum Gasteiger partial charge on any atom is -0.457 e. The number of pyridine rings is 2. The summed E-state index contributed by atoms with van der Waals surface area (Å²) in [7, 11) is -7.10. The number of ketones is 1. The van der Waals surface area contributed by atoms with E-state index in [4.69, 9.17) is 24.9 Å². The molecule has 23 nitrogen and oxygen atoms in total. The number of aromatic nitrogens is 4. The van der Waals surface area contributed by atoms with E-state index >= 15 is 0 Å². The second-order valence-electron chi connectivity index (χ2n) is 20.8. The van der Waals surface area contributed by atoms with Gasteiger partial charge in [-0.2, -0.15) is 4.31 Å². The van der Waals surface area contributed by atoms with Gasteiger partial charge in [0.2, 0.25) is 42.4 Å². The first-order chi connectivity index (χ1) is 38.8. The summed E-state index contributed by atoms with van der Waals surface area (Å²) < 4.78 is 68.6. The number of rotatable bonds is 24. The number of hydrogen-bond donors (Lipinski definition) is 4. The lowest BCUT2D eigenvalue weighted by atomic mass is 9.85. The Hall–Kier alpha value is -8.08. The van der Waals surface area contributed by atoms with Crippen LogP contribution in [0.5, 0.6) is 0 Å². The van der Waals surface area contributed by atoms with Crippen LogP contribution in [0.3, 0.4) is 0 Å². The number of benzene rings is 2. The van der Waals surface area contributed by atoms with Crippen molar-refractivity contribution in [1.82, 2.24) is 34.5 Å². The van der Waals surface area contributed by atoms with E-state index in [-0.39, 0.29) is 98.5 Å². The molecular weight excluding hydrogens is 1100 g/mol. The van der Waals surface area contributed by atoms with Crippen LogP contribution in [0.4, 0.5) is 15.3 Å². The molecule has 82 heavy (non-hydrogen) atoms. The van der Waals surface area contributed by atoms with Gasteiger partial charge in [-0.1, -0.05) is 62.9 Å². The Bertz CT molecular complexity index is 3630. The maximum absolute atomic E-state index is 14.4. The molecule has 7 rings (SSSR count). The molecule has 25 heteroatoms. The van der Waals surface area contributed by atoms with Gasteiger partial charge in [-0.05, 0) is 87.3 Å². The highest BCUT2D eigenvalue weighted by Crippen LogP contribution is 2.42. The summed E-state index contributed by atoms with van der Waals surface area (Å²) in [4.78, 5) is 106. The van der Waals surface area contributed by atoms with Gasteiger partial charge in [0.05, 0.1) is 46.9 Å². The Morgan fingerprint density at radius 2 is 1.66 bits per heavy atom. The zero-order valence-corrected chi connectivity index (χ0v) is 48.3. The van der Waals surface area contributed by atoms with E-state index in [9.17, 15) is 50.4 Å². The Kier molecular flexibility index (Phi) is 19.7. The van der Waals surface area contributed by atoms with Gasteiger partial charge in [0.15, 0.2) is 5.78 Å². The zero-order chi connectivity index (χ0) is 59.7. The van der Waals surface area contributed by atoms with Gasteiger partial charge in [-0.15, -0.1) is 0 Å². The molecule has 2 aliphatic rings. The number of esters is 1. The van der Waals surface area contributed by atoms with Gasteiger partial charge in [0.25, 0.3) is 5.56 Å². The number of carbonyl (C=O) groups is 6. The van der Waals surface area contributed by atoms with Gasteiger partial charge >= 0.3 is 18.2 Å². The molecule has 0 saturated carbocycles. The Balaban J connectivity index is 0.994. The monoisotopic (exact) mass is 1170 g/mol. The third kappa shape index (κ3) is 14.7. The quantitative estimate of drug-likeness (QED) is 0.0263. The molecule has 5 N–H and O–H groups in total. The SMILES string of the molecule is CC[C@@]1(OC(=O)OCc2ccc(NC(=O)[C@H](CCCNC(N)=O)CC(=O)[C@@H](NC(=O)CCCC#Cc3cnc(S(C)(=O)=O)nc3)C(C)C)cc2)C(=O)OCc2c1cc1n(c2=O)Cc2c-1nc1ccccc1c2CCN(C(C)C)S(C)(=O)=O. The van der Waals surface area contributed by atoms with E-state index in [2.05, 4.69) is 37.8 Å². The van der Waals surface area contributed by atoms with Crippen molar-refractivity contribution in [2.24, 2.45) is 17.6 Å². The van der Waals surface area contributed by atoms with Crippen LogP contribution in [-0.2, 0) is 85.0 Å². The predicted octanol–water partition coefficient (Wildman–Crippen LogP) is 5.17. The summed E-state index contributed by atoms with van der Waals surface area (Å²) in [5, 5.41) is 8.59. The molecule has 5 heterocycles. The fraction of sp³-hybridized carbons (Fsp3) is 0.439. The van der Waals surface area contributed by atoms with E-state index in [1.165, 1.54) is 27.5 Å². The van der Waals surface area contributed by atoms with E-state index < -0.39 is 67.0 Å². The molecule has 0 unspecified atom stereocenters. The molecule has 0 spiro atoms. The molecule has 0 radical (unpaired) electrons. The van der Waals surface area contributed by atoms with Crippen LogP contribution in [0.2, 0.25) is 0 Å². The van der Waals surface area contributed by atoms with Crippen LogP contribution in [0.25, 0.3) is 22.3 Å². The average Bonchev–Trinajstić information content (AvgIpc) is 3.42. The number of hydrogen-bond acceptors (Lipinski definition) is 17. The number of carbonyl (C=O) groups excluding carboxylic acids is 6. The van der Waals surface area contributed by atoms with Crippen molar-refractivity contribution in [2.75, 3.05) is 30.9 Å². The molecule has 4 amide bonds. The Morgan fingerprint density at radius 1 is 0.951 bits per heavy atom. The number of ether oxygens (including phenoxy) is 3. The Labute approximate surface area is 475 Å². The summed E-state index contributed by atoms with van der Waals surface area (Å²) in [5.74, 6) is 2.33. The lowest BCUT2D eigenvalue weighted by Gasteiger charge is -2.35. The summed E-state index contributed by atoms with van der Waals surface area (Å²) in [6.45, 7) is 8.49. The van der Waals surface area contributed by atoms with Crippen molar-refractivity contribution >= 4 is 72.2 Å². The van der Waals surface area contributed by atoms with Gasteiger partial charge in [0.1, 0.15) is 13.2 Å². The standard InChI is InChI=1S/C57H67N9O14S2/c1-8-57(44-28-46-50-42(31-65(46)52(70)43(44)33-78-53(57)71)40(41-17-12-13-18-45(41)63-50)24-26-66(35(4)5)82(7,76)77)80-56(73)79-32-36-20-22-39(23-21-36)62-51(69)38(16-14-25-59-54(58)72)27-47(67)49(34(2)3)64-48(68)19-11-9-10-15-37-29-60-55(61-30-37)81(6,74)75/h12-13,17-18,20-23,28-30,34-35,38,49H,8-9,11,14,16,19,24-27,31-33H2,1-7H3,(H,62,69)(H,64,68)(H3,58,59,72)/t38-,49+,57+/m1/s1. The number of urea groups is 1. The van der Waals surface area contributed by atoms with Crippen LogP contribution >= 0.6 is 0 Å². The number of unbranched alkanes of at least 4 members (excludes halogenated alkanes) is 1. The van der Waals surface area contributed by atoms with Crippen molar-refractivity contribution < 1.29 is 59.8 Å². The molecular formula is C57H67N9O14S2. The maximum Gasteiger partial charge on any atom is 0.510 e. The molecule has 0 saturated heterocycles. The molecule has 3 aromatic heterocycles. The van der Waals surface area contributed by atoms with E-state index in [0.717, 1.165) is 22.8 Å². The number of nitrogens with two attached hydrogens (primary N) is 1. The maximum atomic E-state index is 14.4. The van der Waals surface area contributed by atoms with Gasteiger partial charge in [0, 0.05) is 85.2 Å². The molecule has 436 valence electrons. The fourth-order valence-corrected chi connectivity index (χ4v) is 11.7. The highest BCUT2D eigenvalue weighted by molar-refractivity contribution is 7.90. The van der Waals surface area contributed by atoms with Crippen molar-refractivity contribution in [2.45, 2.75) is 129 Å². The van der Waals surface area contributed by atoms with Crippen LogP contribution < -0.4 is 27.2 Å². The average molecular weight is 1170 g/mol. The van der Waals surface area contributed by atoms with E-state index in [1.54, 1.807) is 65.0 Å². The van der Waals surface area contributed by atoms with Crippen LogP contribution in [0, 0.1) is 23.7 Å². The Morgan fingerprint density at radius 3 is 2.30 bits per heavy atom. The number of para-hydroxylation sites is 1. The highest BCUT2D eigenvalue weighted by Gasteiger charge is 2.51. The number of sulfone groups is 1. The number of fused-ring (bicyclic) bond motifs is 5. The summed E-state index contributed by atoms with van der Waals surface area (Å²) in [6, 6.07) is 13.4. The molecule has 0 bridgehead atoms. The summed E-state index contributed by atoms with van der Waals surface area (Å²) in [5.41, 5.74) is 7.17. The van der Waals surface area contributed by atoms with Crippen molar-refractivity contribution in [3.8, 4) is 23.2 Å². The number of Topliss-reactive ketones (excluding diaryl/α,β-unsaturated/α-hetero) is 1. The first-order valence-electron chi connectivity index (χ1n) is 26.7. The van der Waals surface area contributed by atoms with Crippen molar-refractivity contribution in [1.29, 1.82) is 0 Å². The van der Waals surface area contributed by atoms with Gasteiger partial charge in [-0.3, -0.25) is 19.2 Å². The van der Waals surface area contributed by atoms with Crippen molar-refractivity contribution in [3.63, 3.8) is 0 Å². The molecule has 5 aromatic rings.